The van der Waals surface area contributed by atoms with Gasteiger partial charge in [0.15, 0.2) is 30.8 Å². The van der Waals surface area contributed by atoms with E-state index in [2.05, 4.69) is 22.3 Å². The van der Waals surface area contributed by atoms with Gasteiger partial charge in [-0.05, 0) is 30.7 Å². The third-order valence-electron chi connectivity index (χ3n) is 6.66. The predicted octanol–water partition coefficient (Wildman–Crippen LogP) is 5.84. The fourth-order valence-electron chi connectivity index (χ4n) is 4.46. The van der Waals surface area contributed by atoms with E-state index in [-0.39, 0.29) is 29.5 Å². The molecule has 220 valence electrons. The Morgan fingerprint density at radius 3 is 2.15 bits per heavy atom. The van der Waals surface area contributed by atoms with Crippen LogP contribution in [0.5, 0.6) is 11.5 Å². The molecule has 3 aromatic rings. The number of rotatable bonds is 20. The van der Waals surface area contributed by atoms with E-state index in [0.29, 0.717) is 23.1 Å². The molecule has 1 N–H and O–H groups in total. The number of carbonyl (C=O) groups excluding carboxylic acids is 1. The van der Waals surface area contributed by atoms with Gasteiger partial charge in [0.25, 0.3) is 5.91 Å². The maximum atomic E-state index is 12.5. The molecule has 0 aliphatic heterocycles. The van der Waals surface area contributed by atoms with Gasteiger partial charge in [0.2, 0.25) is 5.51 Å². The second-order valence-electron chi connectivity index (χ2n) is 10.0. The van der Waals surface area contributed by atoms with Crippen LogP contribution in [0.15, 0.2) is 59.6 Å². The predicted molar refractivity (Wildman–Crippen MR) is 162 cm³/mol. The number of ether oxygens (including phenoxy) is 2. The number of para-hydroxylation sites is 1. The number of benzene rings is 2. The van der Waals surface area contributed by atoms with Crippen molar-refractivity contribution in [1.82, 2.24) is 0 Å². The molecule has 1 heterocycles. The molecule has 8 heteroatoms. The number of thiazole rings is 1. The zero-order valence-corrected chi connectivity index (χ0v) is 26.9. The summed E-state index contributed by atoms with van der Waals surface area (Å²) >= 11 is 8.05. The number of carbonyl (C=O) groups is 1. The van der Waals surface area contributed by atoms with Gasteiger partial charge in [0.05, 0.1) is 17.0 Å². The Kier molecular flexibility index (Phi) is 17.7. The first kappa shape index (κ1) is 34.1. The summed E-state index contributed by atoms with van der Waals surface area (Å²) in [5.74, 6) is 0.756. The number of hydrogen-bond acceptors (Lipinski definition) is 4. The lowest BCUT2D eigenvalue weighted by molar-refractivity contribution is -0.683. The van der Waals surface area contributed by atoms with Gasteiger partial charge < -0.3 is 31.8 Å². The van der Waals surface area contributed by atoms with Crippen molar-refractivity contribution in [3.05, 3.63) is 70.1 Å². The second-order valence-corrected chi connectivity index (χ2v) is 11.2. The van der Waals surface area contributed by atoms with E-state index in [1.807, 2.05) is 35.8 Å². The molecule has 0 radical (unpaired) electrons. The minimum absolute atomic E-state index is 0. The molecule has 0 saturated carbocycles. The molecular formula is C32H44BrClN2O3S. The van der Waals surface area contributed by atoms with Gasteiger partial charge in [0, 0.05) is 11.3 Å². The molecule has 0 atom stereocenters. The number of halogens is 2. The molecule has 0 spiro atoms. The van der Waals surface area contributed by atoms with Gasteiger partial charge in [-0.3, -0.25) is 4.79 Å². The van der Waals surface area contributed by atoms with Crippen molar-refractivity contribution in [2.45, 2.75) is 90.5 Å². The molecule has 1 amide bonds. The van der Waals surface area contributed by atoms with Crippen LogP contribution in [0.4, 0.5) is 5.69 Å². The number of nitrogens with zero attached hydrogens (tertiary/aromatic N) is 1. The Morgan fingerprint density at radius 2 is 1.52 bits per heavy atom. The number of nitrogens with one attached hydrogen (secondary N) is 1. The van der Waals surface area contributed by atoms with E-state index in [0.717, 1.165) is 25.1 Å². The van der Waals surface area contributed by atoms with Gasteiger partial charge in [-0.2, -0.15) is 4.57 Å². The molecule has 40 heavy (non-hydrogen) atoms. The lowest BCUT2D eigenvalue weighted by Crippen LogP contribution is -3.00. The number of unbranched alkanes of at least 4 members (excludes halogenated alkanes) is 11. The van der Waals surface area contributed by atoms with E-state index in [4.69, 9.17) is 21.1 Å². The van der Waals surface area contributed by atoms with E-state index in [9.17, 15) is 4.79 Å². The summed E-state index contributed by atoms with van der Waals surface area (Å²) < 4.78 is 13.9. The Bertz CT molecular complexity index is 1080. The highest BCUT2D eigenvalue weighted by atomic mass is 79.9. The topological polar surface area (TPSA) is 51.4 Å². The molecule has 2 aromatic carbocycles. The Balaban J connectivity index is 0.00000560. The molecule has 0 unspecified atom stereocenters. The fraction of sp³-hybridized carbons (Fsp3) is 0.500. The third-order valence-corrected chi connectivity index (χ3v) is 7.63. The number of amides is 1. The molecule has 0 bridgehead atoms. The Labute approximate surface area is 260 Å². The molecule has 3 rings (SSSR count). The van der Waals surface area contributed by atoms with Crippen molar-refractivity contribution in [2.75, 3.05) is 18.5 Å². The van der Waals surface area contributed by atoms with Gasteiger partial charge >= 0.3 is 0 Å². The van der Waals surface area contributed by atoms with E-state index < -0.39 is 0 Å². The first-order valence-electron chi connectivity index (χ1n) is 14.5. The Hall–Kier alpha value is -2.09. The van der Waals surface area contributed by atoms with Gasteiger partial charge in [-0.15, -0.1) is 0 Å². The highest BCUT2D eigenvalue weighted by Crippen LogP contribution is 2.35. The Morgan fingerprint density at radius 1 is 0.875 bits per heavy atom. The fourth-order valence-corrected chi connectivity index (χ4v) is 5.27. The highest BCUT2D eigenvalue weighted by Gasteiger charge is 2.12. The van der Waals surface area contributed by atoms with E-state index >= 15 is 0 Å². The maximum Gasteiger partial charge on any atom is 0.262 e. The first-order valence-corrected chi connectivity index (χ1v) is 15.8. The van der Waals surface area contributed by atoms with Crippen LogP contribution in [-0.2, 0) is 11.3 Å². The molecule has 0 aliphatic rings. The molecular weight excluding hydrogens is 608 g/mol. The summed E-state index contributed by atoms with van der Waals surface area (Å²) in [7, 11) is 0. The smallest absolute Gasteiger partial charge is 0.262 e. The summed E-state index contributed by atoms with van der Waals surface area (Å²) in [5.41, 5.74) is 3.97. The van der Waals surface area contributed by atoms with Gasteiger partial charge in [-0.25, -0.2) is 0 Å². The molecule has 0 saturated heterocycles. The monoisotopic (exact) mass is 650 g/mol. The average Bonchev–Trinajstić information content (AvgIpc) is 3.45. The second kappa shape index (κ2) is 20.7. The maximum absolute atomic E-state index is 12.5. The SMILES string of the molecule is CCCCCCCCCCCCCCOc1c(Cl)cccc1OCC(=O)Nc1ccc(C[n+]2ccsc2)cc1.[Br-]. The minimum Gasteiger partial charge on any atom is -1.00 e. The largest absolute Gasteiger partial charge is 1.00 e. The zero-order valence-electron chi connectivity index (χ0n) is 23.7. The third kappa shape index (κ3) is 13.5. The summed E-state index contributed by atoms with van der Waals surface area (Å²) in [6.45, 7) is 3.53. The lowest BCUT2D eigenvalue weighted by Gasteiger charge is -2.14. The van der Waals surface area contributed by atoms with E-state index in [1.54, 1.807) is 29.5 Å². The number of anilines is 1. The normalized spacial score (nSPS) is 10.7. The van der Waals surface area contributed by atoms with Crippen molar-refractivity contribution in [3.63, 3.8) is 0 Å². The molecule has 0 aliphatic carbocycles. The van der Waals surface area contributed by atoms with Crippen molar-refractivity contribution in [1.29, 1.82) is 0 Å². The summed E-state index contributed by atoms with van der Waals surface area (Å²) in [6, 6.07) is 13.2. The van der Waals surface area contributed by atoms with Gasteiger partial charge in [0.1, 0.15) is 0 Å². The standard InChI is InChI=1S/C32H43ClN2O3S.BrH/c1-2-3-4-5-6-7-8-9-10-11-12-13-22-37-32-29(33)15-14-16-30(32)38-25-31(36)34-28-19-17-27(18-20-28)24-35-21-23-39-26-35;/h14-21,23,26H,2-13,22,24-25H2,1H3;1H. The van der Waals surface area contributed by atoms with Crippen molar-refractivity contribution < 1.29 is 35.8 Å². The minimum atomic E-state index is -0.234. The molecule has 5 nitrogen and oxygen atoms in total. The van der Waals surface area contributed by atoms with Gasteiger partial charge in [-0.1, -0.05) is 119 Å². The summed E-state index contributed by atoms with van der Waals surface area (Å²) in [5, 5.41) is 5.42. The zero-order chi connectivity index (χ0) is 27.5. The van der Waals surface area contributed by atoms with Crippen molar-refractivity contribution >= 4 is 34.5 Å². The van der Waals surface area contributed by atoms with Crippen LogP contribution >= 0.6 is 22.9 Å². The first-order chi connectivity index (χ1) is 19.2. The van der Waals surface area contributed by atoms with Crippen LogP contribution < -0.4 is 36.3 Å². The number of aromatic nitrogens is 1. The quantitative estimate of drug-likeness (QED) is 0.123. The van der Waals surface area contributed by atoms with Crippen molar-refractivity contribution in [2.24, 2.45) is 0 Å². The van der Waals surface area contributed by atoms with E-state index in [1.165, 1.54) is 69.8 Å². The molecule has 0 fully saturated rings. The highest BCUT2D eigenvalue weighted by molar-refractivity contribution is 7.07. The van der Waals surface area contributed by atoms with Crippen molar-refractivity contribution in [3.8, 4) is 11.5 Å². The van der Waals surface area contributed by atoms with Crippen LogP contribution in [0.2, 0.25) is 5.02 Å². The average molecular weight is 652 g/mol. The summed E-state index contributed by atoms with van der Waals surface area (Å²) in [6.07, 6.45) is 17.6. The lowest BCUT2D eigenvalue weighted by atomic mass is 10.1. The van der Waals surface area contributed by atoms with Crippen LogP contribution in [0.3, 0.4) is 0 Å². The van der Waals surface area contributed by atoms with Crippen LogP contribution in [-0.4, -0.2) is 19.1 Å². The molecule has 1 aromatic heterocycles. The van der Waals surface area contributed by atoms with Crippen LogP contribution in [0.25, 0.3) is 0 Å². The number of hydrogen-bond donors (Lipinski definition) is 1. The van der Waals surface area contributed by atoms with Crippen LogP contribution in [0.1, 0.15) is 89.5 Å². The van der Waals surface area contributed by atoms with Crippen LogP contribution in [0, 0.1) is 0 Å². The summed E-state index contributed by atoms with van der Waals surface area (Å²) in [4.78, 5) is 12.5.